The number of rotatable bonds is 9. The van der Waals surface area contributed by atoms with Crippen LogP contribution in [0.5, 0.6) is 0 Å². The van der Waals surface area contributed by atoms with Gasteiger partial charge in [-0.1, -0.05) is 13.8 Å². The summed E-state index contributed by atoms with van der Waals surface area (Å²) < 4.78 is 15.8. The van der Waals surface area contributed by atoms with Gasteiger partial charge in [0.15, 0.2) is 0 Å². The predicted molar refractivity (Wildman–Crippen MR) is 62.3 cm³/mol. The molecule has 96 valence electrons. The van der Waals surface area contributed by atoms with Crippen molar-refractivity contribution in [1.29, 1.82) is 0 Å². The zero-order valence-electron chi connectivity index (χ0n) is 10.8. The molecule has 0 saturated carbocycles. The van der Waals surface area contributed by atoms with Gasteiger partial charge >= 0.3 is 5.97 Å². The number of ether oxygens (including phenoxy) is 3. The van der Waals surface area contributed by atoms with Gasteiger partial charge in [-0.15, -0.1) is 0 Å². The van der Waals surface area contributed by atoms with E-state index in [1.165, 1.54) is 0 Å². The van der Waals surface area contributed by atoms with E-state index < -0.39 is 0 Å². The summed E-state index contributed by atoms with van der Waals surface area (Å²) >= 11 is 0. The minimum atomic E-state index is -0.286. The van der Waals surface area contributed by atoms with Gasteiger partial charge in [0.2, 0.25) is 0 Å². The summed E-state index contributed by atoms with van der Waals surface area (Å²) in [5.41, 5.74) is 0. The second-order valence-electron chi connectivity index (χ2n) is 4.03. The summed E-state index contributed by atoms with van der Waals surface area (Å²) in [6, 6.07) is 0. The summed E-state index contributed by atoms with van der Waals surface area (Å²) in [4.78, 5) is 11.5. The fourth-order valence-electron chi connectivity index (χ4n) is 1.18. The van der Waals surface area contributed by atoms with Crippen LogP contribution in [0.2, 0.25) is 0 Å². The molecule has 0 rings (SSSR count). The van der Waals surface area contributed by atoms with Gasteiger partial charge < -0.3 is 14.2 Å². The molecule has 4 heteroatoms. The van der Waals surface area contributed by atoms with Crippen LogP contribution in [0.1, 0.15) is 34.1 Å². The molecule has 0 fully saturated rings. The van der Waals surface area contributed by atoms with Gasteiger partial charge in [-0.2, -0.15) is 0 Å². The van der Waals surface area contributed by atoms with Crippen molar-refractivity contribution >= 4 is 5.97 Å². The largest absolute Gasteiger partial charge is 0.457 e. The third kappa shape index (κ3) is 8.68. The summed E-state index contributed by atoms with van der Waals surface area (Å²) in [5, 5.41) is 0. The molecule has 0 aromatic heterocycles. The van der Waals surface area contributed by atoms with E-state index >= 15 is 0 Å². The molecule has 0 radical (unpaired) electrons. The fourth-order valence-corrected chi connectivity index (χ4v) is 1.18. The van der Waals surface area contributed by atoms with Crippen LogP contribution in [0.15, 0.2) is 0 Å². The topological polar surface area (TPSA) is 44.8 Å². The number of esters is 1. The highest BCUT2D eigenvalue weighted by Gasteiger charge is 2.15. The van der Waals surface area contributed by atoms with Crippen molar-refractivity contribution in [3.63, 3.8) is 0 Å². The van der Waals surface area contributed by atoms with Crippen molar-refractivity contribution in [3.8, 4) is 0 Å². The van der Waals surface area contributed by atoms with Gasteiger partial charge in [-0.05, 0) is 19.8 Å². The van der Waals surface area contributed by atoms with Crippen LogP contribution in [0.25, 0.3) is 0 Å². The predicted octanol–water partition coefficient (Wildman–Crippen LogP) is 2.02. The lowest BCUT2D eigenvalue weighted by atomic mass is 10.1. The Balaban J connectivity index is 3.92. The van der Waals surface area contributed by atoms with Crippen molar-refractivity contribution in [2.24, 2.45) is 5.92 Å². The lowest BCUT2D eigenvalue weighted by Crippen LogP contribution is -2.29. The monoisotopic (exact) mass is 232 g/mol. The first-order valence-corrected chi connectivity index (χ1v) is 5.95. The number of hydrogen-bond acceptors (Lipinski definition) is 4. The quantitative estimate of drug-likeness (QED) is 0.570. The first kappa shape index (κ1) is 15.4. The molecule has 4 nitrogen and oxygen atoms in total. The van der Waals surface area contributed by atoms with E-state index in [4.69, 9.17) is 14.2 Å². The van der Waals surface area contributed by atoms with Gasteiger partial charge in [0.1, 0.15) is 6.10 Å². The molecule has 0 aromatic rings. The van der Waals surface area contributed by atoms with Crippen molar-refractivity contribution in [2.45, 2.75) is 40.2 Å². The van der Waals surface area contributed by atoms with Gasteiger partial charge in [-0.3, -0.25) is 4.79 Å². The van der Waals surface area contributed by atoms with Gasteiger partial charge in [-0.25, -0.2) is 0 Å². The van der Waals surface area contributed by atoms with E-state index in [1.54, 1.807) is 0 Å². The molecular weight excluding hydrogens is 208 g/mol. The van der Waals surface area contributed by atoms with Crippen LogP contribution in [0, 0.1) is 5.92 Å². The van der Waals surface area contributed by atoms with E-state index in [9.17, 15) is 4.79 Å². The average molecular weight is 232 g/mol. The Hall–Kier alpha value is -0.610. The van der Waals surface area contributed by atoms with Gasteiger partial charge in [0.25, 0.3) is 0 Å². The smallest absolute Gasteiger partial charge is 0.306 e. The van der Waals surface area contributed by atoms with Crippen LogP contribution < -0.4 is 0 Å². The molecule has 0 amide bonds. The van der Waals surface area contributed by atoms with Crippen LogP contribution in [-0.4, -0.2) is 38.5 Å². The zero-order chi connectivity index (χ0) is 12.4. The van der Waals surface area contributed by atoms with Crippen LogP contribution in [0.3, 0.4) is 0 Å². The number of carbonyl (C=O) groups excluding carboxylic acids is 1. The first-order chi connectivity index (χ1) is 7.60. The lowest BCUT2D eigenvalue weighted by Gasteiger charge is -2.18. The molecule has 0 unspecified atom stereocenters. The molecule has 16 heavy (non-hydrogen) atoms. The second-order valence-corrected chi connectivity index (χ2v) is 4.03. The molecule has 0 saturated heterocycles. The van der Waals surface area contributed by atoms with Crippen LogP contribution in [0.4, 0.5) is 0 Å². The summed E-state index contributed by atoms with van der Waals surface area (Å²) in [5.74, 6) is 0.131. The zero-order valence-corrected chi connectivity index (χ0v) is 10.8. The Morgan fingerprint density at radius 1 is 1.06 bits per heavy atom. The van der Waals surface area contributed by atoms with Crippen LogP contribution in [-0.2, 0) is 19.0 Å². The summed E-state index contributed by atoms with van der Waals surface area (Å²) in [6.45, 7) is 9.83. The Bertz CT molecular complexity index is 172. The molecule has 0 N–H and O–H groups in total. The first-order valence-electron chi connectivity index (χ1n) is 5.95. The molecule has 0 heterocycles. The van der Waals surface area contributed by atoms with Gasteiger partial charge in [0.05, 0.1) is 13.2 Å². The third-order valence-corrected chi connectivity index (χ3v) is 1.89. The van der Waals surface area contributed by atoms with Crippen molar-refractivity contribution in [2.75, 3.05) is 26.4 Å². The minimum Gasteiger partial charge on any atom is -0.457 e. The number of carbonyl (C=O) groups is 1. The molecule has 0 aromatic carbocycles. The Morgan fingerprint density at radius 3 is 1.94 bits per heavy atom. The molecule has 0 spiro atoms. The normalized spacial score (nSPS) is 11.1. The SMILES string of the molecule is CCOCC(COCC)OC(=O)CC(C)C. The maximum atomic E-state index is 11.5. The van der Waals surface area contributed by atoms with E-state index in [0.717, 1.165) is 0 Å². The summed E-state index contributed by atoms with van der Waals surface area (Å²) in [6.07, 6.45) is 0.153. The average Bonchev–Trinajstić information content (AvgIpc) is 2.20. The molecule has 0 aliphatic carbocycles. The van der Waals surface area contributed by atoms with E-state index in [-0.39, 0.29) is 12.1 Å². The highest BCUT2D eigenvalue weighted by Crippen LogP contribution is 2.04. The molecule has 0 aliphatic heterocycles. The Kier molecular flexibility index (Phi) is 9.24. The highest BCUT2D eigenvalue weighted by molar-refractivity contribution is 5.69. The van der Waals surface area contributed by atoms with Crippen LogP contribution >= 0.6 is 0 Å². The minimum absolute atomic E-state index is 0.181. The van der Waals surface area contributed by atoms with E-state index in [2.05, 4.69) is 0 Å². The summed E-state index contributed by atoms with van der Waals surface area (Å²) in [7, 11) is 0. The van der Waals surface area contributed by atoms with Crippen molar-refractivity contribution in [1.82, 2.24) is 0 Å². The molecule has 0 bridgehead atoms. The Morgan fingerprint density at radius 2 is 1.56 bits per heavy atom. The standard InChI is InChI=1S/C12H24O4/c1-5-14-8-11(9-15-6-2)16-12(13)7-10(3)4/h10-11H,5-9H2,1-4H3. The fraction of sp³-hybridized carbons (Fsp3) is 0.917. The number of hydrogen-bond donors (Lipinski definition) is 0. The Labute approximate surface area is 98.3 Å². The maximum Gasteiger partial charge on any atom is 0.306 e. The lowest BCUT2D eigenvalue weighted by molar-refractivity contribution is -0.156. The molecular formula is C12H24O4. The highest BCUT2D eigenvalue weighted by atomic mass is 16.6. The third-order valence-electron chi connectivity index (χ3n) is 1.89. The molecule has 0 aliphatic rings. The van der Waals surface area contributed by atoms with Crippen molar-refractivity contribution in [3.05, 3.63) is 0 Å². The van der Waals surface area contributed by atoms with E-state index in [0.29, 0.717) is 38.8 Å². The van der Waals surface area contributed by atoms with Crippen molar-refractivity contribution < 1.29 is 19.0 Å². The maximum absolute atomic E-state index is 11.5. The molecule has 0 atom stereocenters. The van der Waals surface area contributed by atoms with E-state index in [1.807, 2.05) is 27.7 Å². The second kappa shape index (κ2) is 9.60. The van der Waals surface area contributed by atoms with Gasteiger partial charge in [0, 0.05) is 19.6 Å².